The Morgan fingerprint density at radius 1 is 1.13 bits per heavy atom. The topological polar surface area (TPSA) is 122 Å². The molecule has 0 fully saturated rings. The van der Waals surface area contributed by atoms with Crippen LogP contribution in [0, 0.1) is 13.8 Å². The van der Waals surface area contributed by atoms with Gasteiger partial charge in [0.05, 0.1) is 0 Å². The van der Waals surface area contributed by atoms with Crippen molar-refractivity contribution in [3.8, 4) is 11.1 Å². The van der Waals surface area contributed by atoms with Crippen molar-refractivity contribution in [3.05, 3.63) is 65.8 Å². The van der Waals surface area contributed by atoms with Crippen molar-refractivity contribution in [2.75, 3.05) is 0 Å². The monoisotopic (exact) mass is 457 g/mol. The van der Waals surface area contributed by atoms with Crippen molar-refractivity contribution in [1.29, 1.82) is 0 Å². The molecule has 0 atom stereocenters. The number of aromatic nitrogens is 2. The second kappa shape index (κ2) is 9.71. The highest BCUT2D eigenvalue weighted by atomic mass is 32.2. The summed E-state index contributed by atoms with van der Waals surface area (Å²) in [5, 5.41) is 10.8. The third kappa shape index (κ3) is 6.62. The van der Waals surface area contributed by atoms with E-state index in [2.05, 4.69) is 14.9 Å². The van der Waals surface area contributed by atoms with Crippen molar-refractivity contribution in [3.63, 3.8) is 0 Å². The van der Waals surface area contributed by atoms with Crippen molar-refractivity contribution in [2.45, 2.75) is 31.5 Å². The molecule has 0 unspecified atom stereocenters. The van der Waals surface area contributed by atoms with Crippen LogP contribution in [0.2, 0.25) is 0 Å². The number of carboxylic acid groups (broad SMARTS) is 1. The van der Waals surface area contributed by atoms with Crippen LogP contribution in [-0.4, -0.2) is 35.8 Å². The van der Waals surface area contributed by atoms with E-state index >= 15 is 0 Å². The molecule has 3 aromatic rings. The quantitative estimate of drug-likeness (QED) is 0.602. The SMILES string of the molecule is Cc1noc(C)c1S(=O)(=O)NCc1ccc(-c2cccnc2)cc1.O=C(O)C(F)(F)F. The van der Waals surface area contributed by atoms with Gasteiger partial charge in [-0.15, -0.1) is 0 Å². The van der Waals surface area contributed by atoms with Gasteiger partial charge in [0, 0.05) is 18.9 Å². The zero-order valence-electron chi connectivity index (χ0n) is 16.3. The highest BCUT2D eigenvalue weighted by molar-refractivity contribution is 7.89. The van der Waals surface area contributed by atoms with E-state index < -0.39 is 22.2 Å². The third-order valence-corrected chi connectivity index (χ3v) is 5.54. The van der Waals surface area contributed by atoms with E-state index in [1.807, 2.05) is 36.4 Å². The average Bonchev–Trinajstić information content (AvgIpc) is 3.06. The van der Waals surface area contributed by atoms with Gasteiger partial charge >= 0.3 is 12.1 Å². The molecule has 0 amide bonds. The van der Waals surface area contributed by atoms with Crippen molar-refractivity contribution >= 4 is 16.0 Å². The summed E-state index contributed by atoms with van der Waals surface area (Å²) in [6.07, 6.45) is -1.57. The Labute approximate surface area is 175 Å². The first-order chi connectivity index (χ1) is 14.4. The molecular weight excluding hydrogens is 439 g/mol. The third-order valence-electron chi connectivity index (χ3n) is 3.89. The minimum atomic E-state index is -5.08. The van der Waals surface area contributed by atoms with Gasteiger partial charge < -0.3 is 9.63 Å². The summed E-state index contributed by atoms with van der Waals surface area (Å²) < 4.78 is 64.0. The van der Waals surface area contributed by atoms with E-state index in [9.17, 15) is 21.6 Å². The number of aliphatic carboxylic acids is 1. The number of hydrogen-bond acceptors (Lipinski definition) is 6. The average molecular weight is 457 g/mol. The van der Waals surface area contributed by atoms with Crippen LogP contribution in [0.3, 0.4) is 0 Å². The van der Waals surface area contributed by atoms with Crippen LogP contribution in [0.4, 0.5) is 13.2 Å². The molecule has 0 saturated carbocycles. The summed E-state index contributed by atoms with van der Waals surface area (Å²) in [6, 6.07) is 11.5. The number of carboxylic acids is 1. The number of sulfonamides is 1. The summed E-state index contributed by atoms with van der Waals surface area (Å²) in [6.45, 7) is 3.38. The molecule has 0 bridgehead atoms. The summed E-state index contributed by atoms with van der Waals surface area (Å²) in [5.74, 6) is -2.47. The molecule has 8 nitrogen and oxygen atoms in total. The summed E-state index contributed by atoms with van der Waals surface area (Å²) in [4.78, 5) is 13.1. The largest absolute Gasteiger partial charge is 0.490 e. The van der Waals surface area contributed by atoms with Gasteiger partial charge in [-0.1, -0.05) is 35.5 Å². The van der Waals surface area contributed by atoms with E-state index in [1.165, 1.54) is 0 Å². The van der Waals surface area contributed by atoms with Crippen LogP contribution in [0.15, 0.2) is 58.2 Å². The van der Waals surface area contributed by atoms with E-state index in [1.54, 1.807) is 26.2 Å². The van der Waals surface area contributed by atoms with Gasteiger partial charge in [-0.3, -0.25) is 4.98 Å². The maximum Gasteiger partial charge on any atom is 0.490 e. The first-order valence-corrected chi connectivity index (χ1v) is 10.1. The highest BCUT2D eigenvalue weighted by Gasteiger charge is 2.38. The lowest BCUT2D eigenvalue weighted by Crippen LogP contribution is -2.24. The first kappa shape index (κ1) is 24.0. The number of aryl methyl sites for hydroxylation is 2. The highest BCUT2D eigenvalue weighted by Crippen LogP contribution is 2.20. The lowest BCUT2D eigenvalue weighted by molar-refractivity contribution is -0.192. The number of alkyl halides is 3. The van der Waals surface area contributed by atoms with Gasteiger partial charge in [0.15, 0.2) is 5.76 Å². The van der Waals surface area contributed by atoms with Crippen molar-refractivity contribution in [2.24, 2.45) is 0 Å². The molecule has 12 heteroatoms. The minimum Gasteiger partial charge on any atom is -0.475 e. The Hall–Kier alpha value is -3.25. The van der Waals surface area contributed by atoms with Gasteiger partial charge in [-0.05, 0) is 36.6 Å². The van der Waals surface area contributed by atoms with Gasteiger partial charge in [0.25, 0.3) is 0 Å². The second-order valence-corrected chi connectivity index (χ2v) is 7.92. The number of pyridine rings is 1. The smallest absolute Gasteiger partial charge is 0.475 e. The fourth-order valence-corrected chi connectivity index (χ4v) is 3.80. The van der Waals surface area contributed by atoms with Crippen LogP contribution >= 0.6 is 0 Å². The molecule has 166 valence electrons. The lowest BCUT2D eigenvalue weighted by Gasteiger charge is -2.07. The van der Waals surface area contributed by atoms with Crippen molar-refractivity contribution in [1.82, 2.24) is 14.9 Å². The predicted octanol–water partition coefficient (Wildman–Crippen LogP) is 3.47. The number of carbonyl (C=O) groups is 1. The second-order valence-electron chi connectivity index (χ2n) is 6.22. The van der Waals surface area contributed by atoms with E-state index in [0.29, 0.717) is 5.69 Å². The van der Waals surface area contributed by atoms with Crippen LogP contribution in [-0.2, 0) is 21.4 Å². The molecule has 1 aromatic carbocycles. The zero-order chi connectivity index (χ0) is 23.2. The maximum absolute atomic E-state index is 12.4. The summed E-state index contributed by atoms with van der Waals surface area (Å²) in [5.41, 5.74) is 3.26. The van der Waals surface area contributed by atoms with Crippen LogP contribution in [0.5, 0.6) is 0 Å². The van der Waals surface area contributed by atoms with Crippen molar-refractivity contribution < 1.29 is 36.0 Å². The number of benzene rings is 1. The predicted molar refractivity (Wildman–Crippen MR) is 103 cm³/mol. The fourth-order valence-electron chi connectivity index (χ4n) is 2.46. The van der Waals surface area contributed by atoms with E-state index in [4.69, 9.17) is 14.4 Å². The molecule has 31 heavy (non-hydrogen) atoms. The van der Waals surface area contributed by atoms with Gasteiger partial charge in [0.2, 0.25) is 10.0 Å². The standard InChI is InChI=1S/C17H17N3O3S.C2HF3O2/c1-12-17(13(2)23-20-12)24(21,22)19-10-14-5-7-15(8-6-14)16-4-3-9-18-11-16;3-2(4,5)1(6)7/h3-9,11,19H,10H2,1-2H3;(H,6,7). The number of hydrogen-bond donors (Lipinski definition) is 2. The Kier molecular flexibility index (Phi) is 7.52. The Bertz CT molecular complexity index is 1110. The zero-order valence-corrected chi connectivity index (χ0v) is 17.2. The Balaban J connectivity index is 0.000000423. The fraction of sp³-hybridized carbons (Fsp3) is 0.211. The van der Waals surface area contributed by atoms with Crippen LogP contribution in [0.1, 0.15) is 17.0 Å². The molecule has 2 N–H and O–H groups in total. The Morgan fingerprint density at radius 3 is 2.19 bits per heavy atom. The van der Waals surface area contributed by atoms with Gasteiger partial charge in [-0.2, -0.15) is 13.2 Å². The number of nitrogens with zero attached hydrogens (tertiary/aromatic N) is 2. The molecule has 0 spiro atoms. The maximum atomic E-state index is 12.4. The first-order valence-electron chi connectivity index (χ1n) is 8.64. The summed E-state index contributed by atoms with van der Waals surface area (Å²) >= 11 is 0. The van der Waals surface area contributed by atoms with E-state index in [-0.39, 0.29) is 17.2 Å². The molecular formula is C19H18F3N3O5S. The number of rotatable bonds is 5. The molecule has 0 aliphatic heterocycles. The van der Waals surface area contributed by atoms with Crippen LogP contribution < -0.4 is 4.72 Å². The number of nitrogens with one attached hydrogen (secondary N) is 1. The lowest BCUT2D eigenvalue weighted by atomic mass is 10.1. The van der Waals surface area contributed by atoms with E-state index in [0.717, 1.165) is 16.7 Å². The molecule has 0 aliphatic carbocycles. The molecule has 2 heterocycles. The molecule has 0 aliphatic rings. The molecule has 0 radical (unpaired) electrons. The Morgan fingerprint density at radius 2 is 1.74 bits per heavy atom. The minimum absolute atomic E-state index is 0.106. The van der Waals surface area contributed by atoms with Gasteiger partial charge in [0.1, 0.15) is 10.6 Å². The molecule has 2 aromatic heterocycles. The van der Waals surface area contributed by atoms with Gasteiger partial charge in [-0.25, -0.2) is 17.9 Å². The normalized spacial score (nSPS) is 11.5. The van der Waals surface area contributed by atoms with Crippen LogP contribution in [0.25, 0.3) is 11.1 Å². The molecule has 0 saturated heterocycles. The number of halogens is 3. The molecule has 3 rings (SSSR count). The summed E-state index contributed by atoms with van der Waals surface area (Å²) in [7, 11) is -3.66.